The fourth-order valence-corrected chi connectivity index (χ4v) is 0. The van der Waals surface area contributed by atoms with Crippen molar-refractivity contribution in [2.45, 2.75) is 0 Å². The van der Waals surface area contributed by atoms with Crippen LogP contribution in [0.15, 0.2) is 0 Å². The first kappa shape index (κ1) is 72.2. The molecular formula is H12ClNdO10+2. The van der Waals surface area contributed by atoms with Crippen molar-refractivity contribution in [3.63, 3.8) is 0 Å². The summed E-state index contributed by atoms with van der Waals surface area (Å²) in [4.78, 5) is 0. The van der Waals surface area contributed by atoms with Crippen LogP contribution in [0.25, 0.3) is 0 Å². The van der Waals surface area contributed by atoms with Crippen LogP contribution in [0.2, 0.25) is 0 Å². The van der Waals surface area contributed by atoms with Gasteiger partial charge in [0.2, 0.25) is 0 Å². The average Bonchev–Trinajstić information content (AvgIpc) is 0.722. The first-order chi connectivity index (χ1) is 2.00. The number of rotatable bonds is 0. The molecule has 1 radical (unpaired) electrons. The SMILES string of the molecule is O.O.O.O.O.O.[Nd+3].[O-][Cl+3]([O-])([O-])[O-]. The Morgan fingerprint density at radius 3 is 0.500 bits per heavy atom. The van der Waals surface area contributed by atoms with Gasteiger partial charge in [0.1, 0.15) is 0 Å². The van der Waals surface area contributed by atoms with Crippen molar-refractivity contribution in [1.82, 2.24) is 0 Å². The summed E-state index contributed by atoms with van der Waals surface area (Å²) in [6, 6.07) is 0. The van der Waals surface area contributed by atoms with Crippen LogP contribution in [-0.2, 0) is 0 Å². The van der Waals surface area contributed by atoms with E-state index < -0.39 is 10.2 Å². The molecule has 0 saturated carbocycles. The second-order valence-corrected chi connectivity index (χ2v) is 1.13. The molecule has 12 N–H and O–H groups in total. The van der Waals surface area contributed by atoms with Gasteiger partial charge >= 0.3 is 40.8 Å². The Morgan fingerprint density at radius 1 is 0.500 bits per heavy atom. The van der Waals surface area contributed by atoms with Crippen molar-refractivity contribution in [3.8, 4) is 0 Å². The third-order valence-electron chi connectivity index (χ3n) is 0. The van der Waals surface area contributed by atoms with Crippen LogP contribution in [0.4, 0.5) is 0 Å². The van der Waals surface area contributed by atoms with E-state index in [1.54, 1.807) is 0 Å². The van der Waals surface area contributed by atoms with Crippen LogP contribution >= 0.6 is 0 Å². The van der Waals surface area contributed by atoms with Crippen molar-refractivity contribution in [2.75, 3.05) is 0 Å². The fraction of sp³-hybridized carbons (Fsp3) is 0. The van der Waals surface area contributed by atoms with E-state index in [2.05, 4.69) is 0 Å². The Hall–Kier alpha value is 1.24. The third kappa shape index (κ3) is 766. The summed E-state index contributed by atoms with van der Waals surface area (Å²) in [6.45, 7) is 0. The van der Waals surface area contributed by atoms with Gasteiger partial charge in [0.05, 0.1) is 0 Å². The summed E-state index contributed by atoms with van der Waals surface area (Å²) in [5.41, 5.74) is 0. The molecule has 0 saturated heterocycles. The molecule has 0 aliphatic rings. The molecule has 0 unspecified atom stereocenters. The second kappa shape index (κ2) is 29.5. The molecule has 0 fully saturated rings. The molecule has 12 heavy (non-hydrogen) atoms. The largest absolute Gasteiger partial charge is 3.00 e. The molecule has 10 nitrogen and oxygen atoms in total. The van der Waals surface area contributed by atoms with Gasteiger partial charge in [-0.05, 0) is 0 Å². The molecule has 0 aromatic carbocycles. The van der Waals surface area contributed by atoms with Gasteiger partial charge in [-0.15, -0.1) is 10.2 Å². The fourth-order valence-electron chi connectivity index (χ4n) is 0. The van der Waals surface area contributed by atoms with Crippen LogP contribution in [0.5, 0.6) is 0 Å². The van der Waals surface area contributed by atoms with Gasteiger partial charge < -0.3 is 32.9 Å². The van der Waals surface area contributed by atoms with E-state index in [1.165, 1.54) is 0 Å². The van der Waals surface area contributed by atoms with Crippen molar-refractivity contribution in [2.24, 2.45) is 0 Å². The molecule has 0 amide bonds. The van der Waals surface area contributed by atoms with Crippen molar-refractivity contribution >= 4 is 0 Å². The summed E-state index contributed by atoms with van der Waals surface area (Å²) >= 11 is 0. The van der Waals surface area contributed by atoms with E-state index in [0.717, 1.165) is 0 Å². The summed E-state index contributed by atoms with van der Waals surface area (Å²) in [5, 5.41) is 0. The van der Waals surface area contributed by atoms with Gasteiger partial charge in [0, 0.05) is 0 Å². The van der Waals surface area contributed by atoms with Crippen LogP contribution in [0, 0.1) is 51.1 Å². The molecule has 0 aliphatic carbocycles. The Bertz CT molecular complexity index is 25.3. The minimum absolute atomic E-state index is 0. The predicted molar refractivity (Wildman–Crippen MR) is 21.7 cm³/mol. The molecule has 0 atom stereocenters. The van der Waals surface area contributed by atoms with Gasteiger partial charge in [-0.1, -0.05) is 0 Å². The smallest absolute Gasteiger partial charge is 0.412 e. The van der Waals surface area contributed by atoms with Crippen LogP contribution in [0.1, 0.15) is 0 Å². The molecule has 12 heteroatoms. The normalized spacial score (nSPS) is 5.00. The van der Waals surface area contributed by atoms with Crippen LogP contribution in [-0.4, -0.2) is 32.9 Å². The van der Waals surface area contributed by atoms with E-state index in [1.807, 2.05) is 0 Å². The van der Waals surface area contributed by atoms with E-state index in [9.17, 15) is 0 Å². The Labute approximate surface area is 102 Å². The molecule has 0 rings (SSSR count). The zero-order valence-electron chi connectivity index (χ0n) is 5.51. The second-order valence-electron chi connectivity index (χ2n) is 0.378. The number of hydrogen-bond acceptors (Lipinski definition) is 4. The predicted octanol–water partition coefficient (Wildman–Crippen LogP) is -9.70. The van der Waals surface area contributed by atoms with E-state index in [0.29, 0.717) is 0 Å². The van der Waals surface area contributed by atoms with Crippen molar-refractivity contribution in [3.05, 3.63) is 0 Å². The Balaban J connectivity index is -0.00000000381. The van der Waals surface area contributed by atoms with E-state index in [4.69, 9.17) is 18.6 Å². The van der Waals surface area contributed by atoms with Crippen LogP contribution < -0.4 is 18.6 Å². The average molecular weight is 352 g/mol. The summed E-state index contributed by atoms with van der Waals surface area (Å²) in [6.07, 6.45) is 0. The summed E-state index contributed by atoms with van der Waals surface area (Å²) < 4.78 is 34.0. The Kier molecular flexibility index (Phi) is 178. The number of halogens is 1. The van der Waals surface area contributed by atoms with Crippen LogP contribution in [0.3, 0.4) is 0 Å². The molecule has 0 aromatic heterocycles. The molecule has 0 spiro atoms. The van der Waals surface area contributed by atoms with Gasteiger partial charge in [0.15, 0.2) is 0 Å². The molecular weight excluding hydrogens is 340 g/mol. The first-order valence-corrected chi connectivity index (χ1v) is 1.85. The standard InChI is InChI=1S/ClHO4.Nd.6H2O/c2-1(3,4)5;;;;;;;/h(H,2,3,4,5);;6*1H2/q;+3;;;;;;/p-1. The third-order valence-corrected chi connectivity index (χ3v) is 0. The quantitative estimate of drug-likeness (QED) is 0.410. The number of hydrogen-bond donors (Lipinski definition) is 0. The van der Waals surface area contributed by atoms with E-state index in [-0.39, 0.29) is 73.7 Å². The summed E-state index contributed by atoms with van der Waals surface area (Å²) in [5.74, 6) is 0. The molecule has 81 valence electrons. The maximum absolute atomic E-state index is 8.49. The topological polar surface area (TPSA) is 281 Å². The van der Waals surface area contributed by atoms with Gasteiger partial charge in [0.25, 0.3) is 0 Å². The summed E-state index contributed by atoms with van der Waals surface area (Å²) in [7, 11) is -4.94. The monoisotopic (exact) mass is 349 g/mol. The molecule has 0 bridgehead atoms. The Morgan fingerprint density at radius 2 is 0.500 bits per heavy atom. The molecule has 0 aromatic rings. The van der Waals surface area contributed by atoms with Gasteiger partial charge in [-0.2, -0.15) is 0 Å². The molecule has 0 aliphatic heterocycles. The van der Waals surface area contributed by atoms with E-state index >= 15 is 0 Å². The van der Waals surface area contributed by atoms with Crippen molar-refractivity contribution < 1.29 is 103 Å². The first-order valence-electron chi connectivity index (χ1n) is 0.617. The zero-order chi connectivity index (χ0) is 4.50. The minimum Gasteiger partial charge on any atom is -0.412 e. The van der Waals surface area contributed by atoms with Crippen molar-refractivity contribution in [1.29, 1.82) is 0 Å². The zero-order valence-corrected chi connectivity index (χ0v) is 9.47. The van der Waals surface area contributed by atoms with Gasteiger partial charge in [-0.25, -0.2) is 18.6 Å². The van der Waals surface area contributed by atoms with Gasteiger partial charge in [-0.3, -0.25) is 0 Å². The maximum Gasteiger partial charge on any atom is 3.00 e. The minimum atomic E-state index is -4.94. The maximum atomic E-state index is 8.49. The molecule has 0 heterocycles.